The van der Waals surface area contributed by atoms with Crippen LogP contribution in [0.5, 0.6) is 5.75 Å². The van der Waals surface area contributed by atoms with Crippen LogP contribution in [0.3, 0.4) is 0 Å². The zero-order valence-electron chi connectivity index (χ0n) is 17.6. The molecule has 4 rings (SSSR count). The number of ether oxygens (including phenoxy) is 1. The highest BCUT2D eigenvalue weighted by Crippen LogP contribution is 2.33. The molecule has 1 heterocycles. The summed E-state index contributed by atoms with van der Waals surface area (Å²) in [5.41, 5.74) is 3.44. The van der Waals surface area contributed by atoms with Crippen molar-refractivity contribution in [1.29, 1.82) is 0 Å². The Kier molecular flexibility index (Phi) is 5.82. The lowest BCUT2D eigenvalue weighted by molar-refractivity contribution is 0.403. The number of methoxy groups -OCH3 is 1. The highest BCUT2D eigenvalue weighted by molar-refractivity contribution is 7.92. The Balaban J connectivity index is 1.86. The van der Waals surface area contributed by atoms with E-state index in [0.717, 1.165) is 36.8 Å². The van der Waals surface area contributed by atoms with Gasteiger partial charge < -0.3 is 4.74 Å². The average Bonchev–Trinajstić information content (AvgIpc) is 2.79. The third kappa shape index (κ3) is 4.07. The van der Waals surface area contributed by atoms with E-state index in [2.05, 4.69) is 9.82 Å². The number of para-hydroxylation sites is 1. The average molecular weight is 440 g/mol. The van der Waals surface area contributed by atoms with Crippen LogP contribution in [-0.2, 0) is 29.4 Å². The molecule has 162 valence electrons. The summed E-state index contributed by atoms with van der Waals surface area (Å²) in [6, 6.07) is 13.7. The summed E-state index contributed by atoms with van der Waals surface area (Å²) in [5.74, 6) is 0.241. The van der Waals surface area contributed by atoms with Crippen LogP contribution in [0.25, 0.3) is 11.3 Å². The van der Waals surface area contributed by atoms with Gasteiger partial charge in [-0.3, -0.25) is 9.52 Å². The molecule has 0 saturated heterocycles. The van der Waals surface area contributed by atoms with E-state index >= 15 is 0 Å². The van der Waals surface area contributed by atoms with E-state index in [1.54, 1.807) is 42.5 Å². The summed E-state index contributed by atoms with van der Waals surface area (Å²) >= 11 is 0. The molecule has 0 unspecified atom stereocenters. The Morgan fingerprint density at radius 3 is 2.45 bits per heavy atom. The van der Waals surface area contributed by atoms with Gasteiger partial charge in [-0.25, -0.2) is 13.1 Å². The van der Waals surface area contributed by atoms with Crippen molar-refractivity contribution < 1.29 is 13.2 Å². The number of hydrogen-bond acceptors (Lipinski definition) is 5. The first-order chi connectivity index (χ1) is 14.9. The molecule has 0 saturated carbocycles. The lowest BCUT2D eigenvalue weighted by Crippen LogP contribution is -2.30. The minimum atomic E-state index is -3.90. The van der Waals surface area contributed by atoms with Crippen molar-refractivity contribution in [2.24, 2.45) is 0 Å². The maximum Gasteiger partial charge on any atom is 0.270 e. The van der Waals surface area contributed by atoms with Crippen LogP contribution in [0, 0.1) is 0 Å². The SMILES string of the molecule is CCn1nc(-c2ccc(OC)c(S(=O)(=O)Nc3ccccc3)c2)c2c(c1=O)CCCC2. The van der Waals surface area contributed by atoms with Crippen molar-refractivity contribution in [2.45, 2.75) is 44.0 Å². The number of hydrogen-bond donors (Lipinski definition) is 1. The number of rotatable bonds is 6. The molecule has 0 amide bonds. The fourth-order valence-corrected chi connectivity index (χ4v) is 5.24. The van der Waals surface area contributed by atoms with Gasteiger partial charge in [-0.2, -0.15) is 5.10 Å². The van der Waals surface area contributed by atoms with Crippen molar-refractivity contribution in [3.63, 3.8) is 0 Å². The van der Waals surface area contributed by atoms with Crippen LogP contribution in [0.2, 0.25) is 0 Å². The molecule has 0 fully saturated rings. The first-order valence-electron chi connectivity index (χ1n) is 10.3. The number of sulfonamides is 1. The Bertz CT molecular complexity index is 1270. The monoisotopic (exact) mass is 439 g/mol. The maximum atomic E-state index is 13.2. The van der Waals surface area contributed by atoms with E-state index in [1.807, 2.05) is 13.0 Å². The van der Waals surface area contributed by atoms with Gasteiger partial charge in [0, 0.05) is 23.4 Å². The van der Waals surface area contributed by atoms with Crippen LogP contribution in [0.15, 0.2) is 58.2 Å². The van der Waals surface area contributed by atoms with E-state index in [4.69, 9.17) is 4.74 Å². The van der Waals surface area contributed by atoms with Gasteiger partial charge >= 0.3 is 0 Å². The summed E-state index contributed by atoms with van der Waals surface area (Å²) in [4.78, 5) is 12.8. The lowest BCUT2D eigenvalue weighted by Gasteiger charge is -2.20. The second-order valence-electron chi connectivity index (χ2n) is 7.47. The standard InChI is InChI=1S/C23H25N3O4S/c1-3-26-23(27)19-12-8-7-11-18(19)22(24-26)16-13-14-20(30-2)21(15-16)31(28,29)25-17-9-5-4-6-10-17/h4-6,9-10,13-15,25H,3,7-8,11-12H2,1-2H3. The molecule has 2 aromatic carbocycles. The molecule has 1 aliphatic rings. The third-order valence-corrected chi connectivity index (χ3v) is 6.92. The fraction of sp³-hybridized carbons (Fsp3) is 0.304. The van der Waals surface area contributed by atoms with Gasteiger partial charge in [0.1, 0.15) is 10.6 Å². The van der Waals surface area contributed by atoms with Gasteiger partial charge in [-0.15, -0.1) is 0 Å². The van der Waals surface area contributed by atoms with Crippen LogP contribution in [0.1, 0.15) is 30.9 Å². The van der Waals surface area contributed by atoms with Crippen molar-refractivity contribution in [3.05, 3.63) is 70.0 Å². The molecule has 0 aliphatic heterocycles. The normalized spacial score (nSPS) is 13.5. The lowest BCUT2D eigenvalue weighted by atomic mass is 9.90. The summed E-state index contributed by atoms with van der Waals surface area (Å²) in [5, 5.41) is 4.59. The minimum absolute atomic E-state index is 0.0250. The zero-order chi connectivity index (χ0) is 22.0. The van der Waals surface area contributed by atoms with Crippen molar-refractivity contribution in [1.82, 2.24) is 9.78 Å². The Labute approximate surface area is 181 Å². The van der Waals surface area contributed by atoms with Crippen LogP contribution >= 0.6 is 0 Å². The number of aryl methyl sites for hydroxylation is 1. The number of nitrogens with zero attached hydrogens (tertiary/aromatic N) is 2. The van der Waals surface area contributed by atoms with E-state index in [9.17, 15) is 13.2 Å². The number of aromatic nitrogens is 2. The van der Waals surface area contributed by atoms with Crippen LogP contribution in [0.4, 0.5) is 5.69 Å². The molecule has 1 aliphatic carbocycles. The fourth-order valence-electron chi connectivity index (χ4n) is 3.98. The summed E-state index contributed by atoms with van der Waals surface area (Å²) in [7, 11) is -2.46. The van der Waals surface area contributed by atoms with Crippen molar-refractivity contribution in [2.75, 3.05) is 11.8 Å². The molecule has 31 heavy (non-hydrogen) atoms. The van der Waals surface area contributed by atoms with Gasteiger partial charge in [0.25, 0.3) is 15.6 Å². The van der Waals surface area contributed by atoms with Crippen LogP contribution < -0.4 is 15.0 Å². The molecule has 8 heteroatoms. The molecule has 0 bridgehead atoms. The van der Waals surface area contributed by atoms with Gasteiger partial charge in [-0.1, -0.05) is 18.2 Å². The Morgan fingerprint density at radius 2 is 1.77 bits per heavy atom. The van der Waals surface area contributed by atoms with E-state index in [-0.39, 0.29) is 16.2 Å². The second kappa shape index (κ2) is 8.55. The summed E-state index contributed by atoms with van der Waals surface area (Å²) in [6.07, 6.45) is 3.43. The van der Waals surface area contributed by atoms with E-state index in [1.165, 1.54) is 11.8 Å². The first kappa shape index (κ1) is 21.1. The van der Waals surface area contributed by atoms with Gasteiger partial charge in [-0.05, 0) is 68.5 Å². The summed E-state index contributed by atoms with van der Waals surface area (Å²) in [6.45, 7) is 2.33. The molecule has 1 N–H and O–H groups in total. The number of nitrogens with one attached hydrogen (secondary N) is 1. The Morgan fingerprint density at radius 1 is 1.06 bits per heavy atom. The molecule has 0 spiro atoms. The molecule has 0 atom stereocenters. The summed E-state index contributed by atoms with van der Waals surface area (Å²) < 4.78 is 35.7. The topological polar surface area (TPSA) is 90.3 Å². The quantitative estimate of drug-likeness (QED) is 0.634. The van der Waals surface area contributed by atoms with Gasteiger partial charge in [0.15, 0.2) is 0 Å². The van der Waals surface area contributed by atoms with Crippen LogP contribution in [-0.4, -0.2) is 25.3 Å². The number of anilines is 1. The largest absolute Gasteiger partial charge is 0.495 e. The third-order valence-electron chi connectivity index (χ3n) is 5.52. The smallest absolute Gasteiger partial charge is 0.270 e. The second-order valence-corrected chi connectivity index (χ2v) is 9.12. The molecule has 0 radical (unpaired) electrons. The van der Waals surface area contributed by atoms with Gasteiger partial charge in [0.2, 0.25) is 0 Å². The highest BCUT2D eigenvalue weighted by atomic mass is 32.2. The van der Waals surface area contributed by atoms with E-state index < -0.39 is 10.0 Å². The first-order valence-corrected chi connectivity index (χ1v) is 11.8. The molecule has 7 nitrogen and oxygen atoms in total. The number of benzene rings is 2. The van der Waals surface area contributed by atoms with Crippen molar-refractivity contribution >= 4 is 15.7 Å². The molecule has 3 aromatic rings. The molecular weight excluding hydrogens is 414 g/mol. The van der Waals surface area contributed by atoms with Gasteiger partial charge in [0.05, 0.1) is 12.8 Å². The predicted octanol–water partition coefficient (Wildman–Crippen LogP) is 3.62. The zero-order valence-corrected chi connectivity index (χ0v) is 18.4. The minimum Gasteiger partial charge on any atom is -0.495 e. The molecular formula is C23H25N3O4S. The van der Waals surface area contributed by atoms with E-state index in [0.29, 0.717) is 23.5 Å². The predicted molar refractivity (Wildman–Crippen MR) is 120 cm³/mol. The van der Waals surface area contributed by atoms with Crippen molar-refractivity contribution in [3.8, 4) is 17.0 Å². The Hall–Kier alpha value is -3.13. The highest BCUT2D eigenvalue weighted by Gasteiger charge is 2.25. The maximum absolute atomic E-state index is 13.2. The molecule has 1 aromatic heterocycles. The number of fused-ring (bicyclic) bond motifs is 1.